The Labute approximate surface area is 148 Å². The van der Waals surface area contributed by atoms with E-state index in [2.05, 4.69) is 77.2 Å². The molecular weight excluding hydrogens is 312 g/mol. The van der Waals surface area contributed by atoms with Crippen LogP contribution in [-0.2, 0) is 0 Å². The molecule has 0 bridgehead atoms. The molecule has 0 saturated carbocycles. The van der Waals surface area contributed by atoms with Gasteiger partial charge in [-0.3, -0.25) is 0 Å². The Kier molecular flexibility index (Phi) is 4.86. The first-order valence-electron chi connectivity index (χ1n) is 8.45. The molecule has 0 spiro atoms. The molecule has 0 fully saturated rings. The fraction of sp³-hybridized carbons (Fsp3) is 0.300. The van der Waals surface area contributed by atoms with Crippen molar-refractivity contribution in [1.29, 1.82) is 0 Å². The van der Waals surface area contributed by atoms with Crippen molar-refractivity contribution in [3.63, 3.8) is 0 Å². The number of allylic oxidation sites excluding steroid dienone is 1. The number of rotatable bonds is 5. The van der Waals surface area contributed by atoms with Gasteiger partial charge in [0, 0.05) is 23.5 Å². The van der Waals surface area contributed by atoms with Crippen LogP contribution >= 0.6 is 0 Å². The van der Waals surface area contributed by atoms with Gasteiger partial charge < -0.3 is 15.0 Å². The van der Waals surface area contributed by atoms with Gasteiger partial charge in [0.1, 0.15) is 12.1 Å². The maximum atomic E-state index is 9.37. The minimum Gasteiger partial charge on any atom is -0.394 e. The van der Waals surface area contributed by atoms with E-state index in [1.807, 2.05) is 6.92 Å². The topological polar surface area (TPSA) is 63.0 Å². The fourth-order valence-electron chi connectivity index (χ4n) is 2.80. The van der Waals surface area contributed by atoms with Crippen molar-refractivity contribution in [3.8, 4) is 5.69 Å². The first-order valence-corrected chi connectivity index (χ1v) is 8.45. The Morgan fingerprint density at radius 2 is 1.96 bits per heavy atom. The van der Waals surface area contributed by atoms with E-state index in [1.54, 1.807) is 6.33 Å². The summed E-state index contributed by atoms with van der Waals surface area (Å²) in [5, 5.41) is 13.6. The molecule has 2 aromatic heterocycles. The molecule has 0 saturated heterocycles. The number of aromatic nitrogens is 3. The van der Waals surface area contributed by atoms with Gasteiger partial charge in [0.15, 0.2) is 5.65 Å². The number of benzene rings is 1. The SMILES string of the molecule is CC(C)=Cc1cn(-c2ccc(C)cc2)c2ncnc(N[C@@H](C)CO)c12. The molecule has 0 amide bonds. The van der Waals surface area contributed by atoms with Gasteiger partial charge in [0.2, 0.25) is 0 Å². The van der Waals surface area contributed by atoms with Crippen molar-refractivity contribution in [2.45, 2.75) is 33.7 Å². The van der Waals surface area contributed by atoms with E-state index in [-0.39, 0.29) is 12.6 Å². The van der Waals surface area contributed by atoms with Crippen LogP contribution in [0.25, 0.3) is 22.8 Å². The largest absolute Gasteiger partial charge is 0.394 e. The molecule has 0 unspecified atom stereocenters. The van der Waals surface area contributed by atoms with Gasteiger partial charge in [0.05, 0.1) is 12.0 Å². The summed E-state index contributed by atoms with van der Waals surface area (Å²) in [6.07, 6.45) is 5.78. The van der Waals surface area contributed by atoms with Crippen LogP contribution < -0.4 is 5.32 Å². The highest BCUT2D eigenvalue weighted by Gasteiger charge is 2.16. The molecule has 5 nitrogen and oxygen atoms in total. The van der Waals surface area contributed by atoms with Crippen LogP contribution in [0.3, 0.4) is 0 Å². The van der Waals surface area contributed by atoms with Crippen LogP contribution in [0.1, 0.15) is 31.9 Å². The Hall–Kier alpha value is -2.66. The normalized spacial score (nSPS) is 12.2. The van der Waals surface area contributed by atoms with Crippen molar-refractivity contribution >= 4 is 22.9 Å². The van der Waals surface area contributed by atoms with Gasteiger partial charge in [-0.05, 0) is 39.8 Å². The Balaban J connectivity index is 2.24. The molecule has 0 aliphatic carbocycles. The average molecular weight is 336 g/mol. The number of nitrogens with zero attached hydrogens (tertiary/aromatic N) is 3. The zero-order valence-electron chi connectivity index (χ0n) is 15.1. The lowest BCUT2D eigenvalue weighted by Gasteiger charge is -2.12. The molecule has 130 valence electrons. The predicted molar refractivity (Wildman–Crippen MR) is 103 cm³/mol. The maximum absolute atomic E-state index is 9.37. The third-order valence-corrected chi connectivity index (χ3v) is 4.03. The van der Waals surface area contributed by atoms with Gasteiger partial charge in [-0.2, -0.15) is 0 Å². The highest BCUT2D eigenvalue weighted by atomic mass is 16.3. The lowest BCUT2D eigenvalue weighted by atomic mass is 10.1. The van der Waals surface area contributed by atoms with Gasteiger partial charge in [-0.15, -0.1) is 0 Å². The smallest absolute Gasteiger partial charge is 0.150 e. The minimum absolute atomic E-state index is 0.0438. The molecule has 1 aromatic carbocycles. The lowest BCUT2D eigenvalue weighted by molar-refractivity contribution is 0.281. The van der Waals surface area contributed by atoms with Crippen molar-refractivity contribution in [2.75, 3.05) is 11.9 Å². The molecule has 5 heteroatoms. The average Bonchev–Trinajstić information content (AvgIpc) is 2.94. The number of aryl methyl sites for hydroxylation is 1. The third kappa shape index (κ3) is 3.56. The molecule has 1 atom stereocenters. The molecule has 2 N–H and O–H groups in total. The summed E-state index contributed by atoms with van der Waals surface area (Å²) in [4.78, 5) is 8.93. The quantitative estimate of drug-likeness (QED) is 0.741. The zero-order chi connectivity index (χ0) is 18.0. The van der Waals surface area contributed by atoms with E-state index >= 15 is 0 Å². The van der Waals surface area contributed by atoms with Gasteiger partial charge >= 0.3 is 0 Å². The number of anilines is 1. The fourth-order valence-corrected chi connectivity index (χ4v) is 2.80. The summed E-state index contributed by atoms with van der Waals surface area (Å²) in [6, 6.07) is 8.28. The van der Waals surface area contributed by atoms with Crippen molar-refractivity contribution in [3.05, 3.63) is 53.5 Å². The van der Waals surface area contributed by atoms with Crippen molar-refractivity contribution in [1.82, 2.24) is 14.5 Å². The Morgan fingerprint density at radius 3 is 2.60 bits per heavy atom. The van der Waals surface area contributed by atoms with Crippen molar-refractivity contribution in [2.24, 2.45) is 0 Å². The van der Waals surface area contributed by atoms with Crippen molar-refractivity contribution < 1.29 is 5.11 Å². The van der Waals surface area contributed by atoms with E-state index in [4.69, 9.17) is 0 Å². The Morgan fingerprint density at radius 1 is 1.24 bits per heavy atom. The van der Waals surface area contributed by atoms with E-state index in [9.17, 15) is 5.11 Å². The van der Waals surface area contributed by atoms with Gasteiger partial charge in [-0.25, -0.2) is 9.97 Å². The standard InChI is InChI=1S/C20H24N4O/c1-13(2)9-16-10-24(17-7-5-14(3)6-8-17)20-18(16)19(21-12-22-20)23-15(4)11-25/h5-10,12,15,25H,11H2,1-4H3,(H,21,22,23)/t15-/m0/s1. The lowest BCUT2D eigenvalue weighted by Crippen LogP contribution is -2.20. The summed E-state index contributed by atoms with van der Waals surface area (Å²) < 4.78 is 2.08. The summed E-state index contributed by atoms with van der Waals surface area (Å²) in [5.41, 5.74) is 5.39. The number of fused-ring (bicyclic) bond motifs is 1. The van der Waals surface area contributed by atoms with Gasteiger partial charge in [-0.1, -0.05) is 29.3 Å². The number of hydrogen-bond acceptors (Lipinski definition) is 4. The predicted octanol–water partition coefficient (Wildman–Crippen LogP) is 3.94. The number of aliphatic hydroxyl groups excluding tert-OH is 1. The second kappa shape index (κ2) is 7.07. The third-order valence-electron chi connectivity index (χ3n) is 4.03. The monoisotopic (exact) mass is 336 g/mol. The summed E-state index contributed by atoms with van der Waals surface area (Å²) >= 11 is 0. The molecule has 0 radical (unpaired) electrons. The molecule has 0 aliphatic rings. The molecule has 2 heterocycles. The molecule has 3 aromatic rings. The first-order chi connectivity index (χ1) is 12.0. The second-order valence-corrected chi connectivity index (χ2v) is 6.66. The number of aliphatic hydroxyl groups is 1. The minimum atomic E-state index is -0.0830. The van der Waals surface area contributed by atoms with Gasteiger partial charge in [0.25, 0.3) is 0 Å². The van der Waals surface area contributed by atoms with E-state index in [1.165, 1.54) is 11.1 Å². The summed E-state index contributed by atoms with van der Waals surface area (Å²) in [7, 11) is 0. The zero-order valence-corrected chi connectivity index (χ0v) is 15.1. The Bertz CT molecular complexity index is 905. The maximum Gasteiger partial charge on any atom is 0.150 e. The molecular formula is C20H24N4O. The highest BCUT2D eigenvalue weighted by Crippen LogP contribution is 2.30. The summed E-state index contributed by atoms with van der Waals surface area (Å²) in [5.74, 6) is 0.741. The second-order valence-electron chi connectivity index (χ2n) is 6.66. The molecule has 25 heavy (non-hydrogen) atoms. The summed E-state index contributed by atoms with van der Waals surface area (Å²) in [6.45, 7) is 8.19. The van der Waals surface area contributed by atoms with Crippen LogP contribution in [0, 0.1) is 6.92 Å². The number of hydrogen-bond donors (Lipinski definition) is 2. The van der Waals surface area contributed by atoms with E-state index < -0.39 is 0 Å². The van der Waals surface area contributed by atoms with E-state index in [0.717, 1.165) is 28.1 Å². The van der Waals surface area contributed by atoms with E-state index in [0.29, 0.717) is 0 Å². The highest BCUT2D eigenvalue weighted by molar-refractivity contribution is 5.96. The van der Waals surface area contributed by atoms with Crippen LogP contribution in [-0.4, -0.2) is 32.3 Å². The van der Waals surface area contributed by atoms with Crippen LogP contribution in [0.5, 0.6) is 0 Å². The molecule has 3 rings (SSSR count). The molecule has 0 aliphatic heterocycles. The number of nitrogens with one attached hydrogen (secondary N) is 1. The van der Waals surface area contributed by atoms with Crippen LogP contribution in [0.15, 0.2) is 42.4 Å². The van der Waals surface area contributed by atoms with Crippen LogP contribution in [0.2, 0.25) is 0 Å². The van der Waals surface area contributed by atoms with Crippen LogP contribution in [0.4, 0.5) is 5.82 Å². The first kappa shape index (κ1) is 17.2.